The van der Waals surface area contributed by atoms with Crippen LogP contribution in [0.4, 0.5) is 9.18 Å². The Morgan fingerprint density at radius 2 is 1.67 bits per heavy atom. The number of pyridine rings is 1. The predicted octanol–water partition coefficient (Wildman–Crippen LogP) is 3.44. The van der Waals surface area contributed by atoms with Crippen molar-refractivity contribution in [3.63, 3.8) is 0 Å². The molecule has 0 N–H and O–H groups in total. The summed E-state index contributed by atoms with van der Waals surface area (Å²) in [5.74, 6) is -0.763. The molecule has 0 spiro atoms. The molecule has 3 amide bonds. The van der Waals surface area contributed by atoms with Crippen LogP contribution in [0.3, 0.4) is 0 Å². The number of hydrogen-bond donors (Lipinski definition) is 0. The number of carbonyl (C=O) groups is 2. The molecular formula is C18H26FN3O2. The molecule has 1 aromatic rings. The van der Waals surface area contributed by atoms with Gasteiger partial charge in [0.15, 0.2) is 0 Å². The second kappa shape index (κ2) is 6.49. The Balaban J connectivity index is 2.55. The highest BCUT2D eigenvalue weighted by atomic mass is 19.1. The lowest BCUT2D eigenvalue weighted by Gasteiger charge is -2.42. The van der Waals surface area contributed by atoms with E-state index >= 15 is 0 Å². The van der Waals surface area contributed by atoms with Crippen LogP contribution in [0.2, 0.25) is 0 Å². The summed E-state index contributed by atoms with van der Waals surface area (Å²) < 4.78 is 13.5. The summed E-state index contributed by atoms with van der Waals surface area (Å²) in [5, 5.41) is 0. The molecule has 1 aromatic heterocycles. The van der Waals surface area contributed by atoms with Gasteiger partial charge in [0.05, 0.1) is 12.7 Å². The number of rotatable bonds is 5. The van der Waals surface area contributed by atoms with Gasteiger partial charge < -0.3 is 4.90 Å². The van der Waals surface area contributed by atoms with Crippen molar-refractivity contribution in [3.05, 3.63) is 29.8 Å². The fourth-order valence-electron chi connectivity index (χ4n) is 3.85. The molecule has 5 nitrogen and oxygen atoms in total. The molecule has 0 aromatic carbocycles. The Morgan fingerprint density at radius 3 is 2.12 bits per heavy atom. The summed E-state index contributed by atoms with van der Waals surface area (Å²) >= 11 is 0. The molecule has 6 heteroatoms. The van der Waals surface area contributed by atoms with Crippen molar-refractivity contribution in [2.75, 3.05) is 0 Å². The summed E-state index contributed by atoms with van der Waals surface area (Å²) in [6, 6.07) is 0.813. The van der Waals surface area contributed by atoms with Gasteiger partial charge in [0, 0.05) is 12.2 Å². The van der Waals surface area contributed by atoms with Gasteiger partial charge in [0.2, 0.25) is 0 Å². The smallest absolute Gasteiger partial charge is 0.305 e. The van der Waals surface area contributed by atoms with Crippen LogP contribution >= 0.6 is 0 Å². The molecule has 2 heterocycles. The minimum absolute atomic E-state index is 0.0702. The zero-order valence-corrected chi connectivity index (χ0v) is 15.2. The molecule has 0 atom stereocenters. The summed E-state index contributed by atoms with van der Waals surface area (Å²) in [5.41, 5.74) is -0.361. The molecule has 1 aliphatic rings. The number of amides is 3. The topological polar surface area (TPSA) is 53.5 Å². The first-order chi connectivity index (χ1) is 11.1. The fraction of sp³-hybridized carbons (Fsp3) is 0.611. The summed E-state index contributed by atoms with van der Waals surface area (Å²) in [7, 11) is 0. The van der Waals surface area contributed by atoms with Crippen molar-refractivity contribution < 1.29 is 14.0 Å². The molecule has 0 bridgehead atoms. The Hall–Kier alpha value is -1.98. The van der Waals surface area contributed by atoms with Gasteiger partial charge in [0.1, 0.15) is 11.4 Å². The van der Waals surface area contributed by atoms with Crippen LogP contribution < -0.4 is 0 Å². The van der Waals surface area contributed by atoms with E-state index in [0.29, 0.717) is 5.56 Å². The normalized spacial score (nSPS) is 17.8. The van der Waals surface area contributed by atoms with E-state index in [-0.39, 0.29) is 36.4 Å². The summed E-state index contributed by atoms with van der Waals surface area (Å²) in [6.45, 7) is 11.6. The van der Waals surface area contributed by atoms with Gasteiger partial charge in [-0.1, -0.05) is 27.7 Å². The van der Waals surface area contributed by atoms with Crippen molar-refractivity contribution in [2.24, 2.45) is 11.8 Å². The van der Waals surface area contributed by atoms with Gasteiger partial charge in [-0.2, -0.15) is 0 Å². The van der Waals surface area contributed by atoms with E-state index in [1.54, 1.807) is 4.90 Å². The lowest BCUT2D eigenvalue weighted by molar-refractivity contribution is -0.139. The van der Waals surface area contributed by atoms with Crippen LogP contribution in [-0.2, 0) is 11.3 Å². The molecule has 1 fully saturated rings. The van der Waals surface area contributed by atoms with Crippen LogP contribution in [0.15, 0.2) is 18.5 Å². The highest BCUT2D eigenvalue weighted by molar-refractivity contribution is 6.07. The lowest BCUT2D eigenvalue weighted by Crippen LogP contribution is -2.57. The Kier molecular flexibility index (Phi) is 4.97. The average molecular weight is 335 g/mol. The number of hydrogen-bond acceptors (Lipinski definition) is 3. The van der Waals surface area contributed by atoms with Gasteiger partial charge >= 0.3 is 6.03 Å². The SMILES string of the molecule is CC(C)N1C(=O)N(Cc2cncc(F)c2)C(C(C)C)(C(C)C)C1=O. The van der Waals surface area contributed by atoms with Crippen LogP contribution in [0.25, 0.3) is 0 Å². The second-order valence-electron chi connectivity index (χ2n) is 7.28. The van der Waals surface area contributed by atoms with Gasteiger partial charge in [-0.3, -0.25) is 14.7 Å². The van der Waals surface area contributed by atoms with Crippen molar-refractivity contribution in [1.82, 2.24) is 14.8 Å². The van der Waals surface area contributed by atoms with E-state index in [0.717, 1.165) is 6.20 Å². The van der Waals surface area contributed by atoms with Crippen LogP contribution in [-0.4, -0.2) is 38.3 Å². The molecule has 0 aliphatic carbocycles. The largest absolute Gasteiger partial charge is 0.328 e. The van der Waals surface area contributed by atoms with Crippen molar-refractivity contribution in [3.8, 4) is 0 Å². The molecule has 0 unspecified atom stereocenters. The Bertz CT molecular complexity index is 635. The van der Waals surface area contributed by atoms with Gasteiger partial charge in [-0.05, 0) is 37.3 Å². The molecule has 1 aliphatic heterocycles. The zero-order chi connectivity index (χ0) is 18.2. The maximum atomic E-state index is 13.5. The number of urea groups is 1. The minimum atomic E-state index is -0.937. The van der Waals surface area contributed by atoms with Crippen molar-refractivity contribution in [1.29, 1.82) is 0 Å². The number of aromatic nitrogens is 1. The first-order valence-electron chi connectivity index (χ1n) is 8.38. The molecule has 132 valence electrons. The second-order valence-corrected chi connectivity index (χ2v) is 7.28. The first kappa shape index (κ1) is 18.4. The van der Waals surface area contributed by atoms with E-state index in [2.05, 4.69) is 4.98 Å². The number of nitrogens with zero attached hydrogens (tertiary/aromatic N) is 3. The molecule has 2 rings (SSSR count). The van der Waals surface area contributed by atoms with Crippen molar-refractivity contribution >= 4 is 11.9 Å². The van der Waals surface area contributed by atoms with E-state index in [9.17, 15) is 14.0 Å². The van der Waals surface area contributed by atoms with Crippen molar-refractivity contribution in [2.45, 2.75) is 59.7 Å². The van der Waals surface area contributed by atoms with Gasteiger partial charge in [-0.15, -0.1) is 0 Å². The Labute approximate surface area is 142 Å². The van der Waals surface area contributed by atoms with Crippen LogP contribution in [0.1, 0.15) is 47.1 Å². The summed E-state index contributed by atoms with van der Waals surface area (Å²) in [6.07, 6.45) is 2.66. The molecule has 0 saturated carbocycles. The minimum Gasteiger partial charge on any atom is -0.305 e. The number of halogens is 1. The first-order valence-corrected chi connectivity index (χ1v) is 8.38. The van der Waals surface area contributed by atoms with E-state index < -0.39 is 11.4 Å². The fourth-order valence-corrected chi connectivity index (χ4v) is 3.85. The third-order valence-electron chi connectivity index (χ3n) is 4.82. The van der Waals surface area contributed by atoms with E-state index in [1.165, 1.54) is 17.2 Å². The average Bonchev–Trinajstić information content (AvgIpc) is 2.67. The highest BCUT2D eigenvalue weighted by Crippen LogP contribution is 2.42. The van der Waals surface area contributed by atoms with Gasteiger partial charge in [-0.25, -0.2) is 9.18 Å². The Morgan fingerprint density at radius 1 is 1.08 bits per heavy atom. The zero-order valence-electron chi connectivity index (χ0n) is 15.2. The molecule has 1 saturated heterocycles. The van der Waals surface area contributed by atoms with Crippen LogP contribution in [0.5, 0.6) is 0 Å². The number of carbonyl (C=O) groups excluding carboxylic acids is 2. The third-order valence-corrected chi connectivity index (χ3v) is 4.82. The predicted molar refractivity (Wildman–Crippen MR) is 89.5 cm³/mol. The van der Waals surface area contributed by atoms with Crippen LogP contribution in [0, 0.1) is 17.7 Å². The van der Waals surface area contributed by atoms with E-state index in [1.807, 2.05) is 41.5 Å². The maximum absolute atomic E-state index is 13.5. The molecule has 24 heavy (non-hydrogen) atoms. The molecular weight excluding hydrogens is 309 g/mol. The van der Waals surface area contributed by atoms with Gasteiger partial charge in [0.25, 0.3) is 5.91 Å². The maximum Gasteiger partial charge on any atom is 0.328 e. The summed E-state index contributed by atoms with van der Waals surface area (Å²) in [4.78, 5) is 33.0. The highest BCUT2D eigenvalue weighted by Gasteiger charge is 2.60. The quantitative estimate of drug-likeness (QED) is 0.775. The number of imide groups is 1. The lowest BCUT2D eigenvalue weighted by atomic mass is 9.75. The molecule has 0 radical (unpaired) electrons. The standard InChI is InChI=1S/C18H26FN3O2/c1-11(2)18(12(3)4)16(23)22(13(5)6)17(24)21(18)10-14-7-15(19)9-20-8-14/h7-9,11-13H,10H2,1-6H3. The van der Waals surface area contributed by atoms with E-state index in [4.69, 9.17) is 0 Å². The third kappa shape index (κ3) is 2.68. The monoisotopic (exact) mass is 335 g/mol.